The maximum atomic E-state index is 11.5. The van der Waals surface area contributed by atoms with E-state index in [1.165, 1.54) is 6.42 Å². The highest BCUT2D eigenvalue weighted by molar-refractivity contribution is 5.73. The van der Waals surface area contributed by atoms with Crippen molar-refractivity contribution in [3.8, 4) is 0 Å². The van der Waals surface area contributed by atoms with Gasteiger partial charge in [0, 0.05) is 25.9 Å². The molecule has 1 atom stereocenters. The second-order valence-corrected chi connectivity index (χ2v) is 5.20. The monoisotopic (exact) mass is 304 g/mol. The Morgan fingerprint density at radius 3 is 2.60 bits per heavy atom. The summed E-state index contributed by atoms with van der Waals surface area (Å²) in [5.41, 5.74) is 1.16. The highest BCUT2D eigenvalue weighted by atomic mass is 35.7. The molecule has 20 heavy (non-hydrogen) atoms. The van der Waals surface area contributed by atoms with Crippen molar-refractivity contribution in [3.63, 3.8) is 0 Å². The van der Waals surface area contributed by atoms with Gasteiger partial charge < -0.3 is 4.90 Å². The van der Waals surface area contributed by atoms with Gasteiger partial charge in [-0.25, -0.2) is 0 Å². The maximum absolute atomic E-state index is 11.5. The summed E-state index contributed by atoms with van der Waals surface area (Å²) in [6.07, 6.45) is 7.02. The van der Waals surface area contributed by atoms with Crippen molar-refractivity contribution in [2.45, 2.75) is 32.2 Å². The van der Waals surface area contributed by atoms with Crippen LogP contribution in [0, 0.1) is 10.2 Å². The van der Waals surface area contributed by atoms with Crippen molar-refractivity contribution in [2.24, 2.45) is 0 Å². The molecule has 1 aromatic heterocycles. The van der Waals surface area contributed by atoms with Crippen molar-refractivity contribution in [2.75, 3.05) is 6.54 Å². The number of rotatable bonds is 1. The average molecular weight is 305 g/mol. The standard InChI is InChI=1S/C12H16N2O.ClHO4/c1-10(15)14-8-3-2-6-12(14)11-5-4-7-13-9-11;2-1(3,4)5/h4-5,7,9,12H,2-3,6,8H2,1H3;(H,2,3,4,5)/t12-;/m0./s1. The van der Waals surface area contributed by atoms with E-state index in [-0.39, 0.29) is 11.9 Å². The molecule has 2 rings (SSSR count). The summed E-state index contributed by atoms with van der Waals surface area (Å²) >= 11 is 0. The van der Waals surface area contributed by atoms with E-state index in [0.717, 1.165) is 24.9 Å². The minimum atomic E-state index is -4.69. The Labute approximate surface area is 119 Å². The van der Waals surface area contributed by atoms with Crippen LogP contribution in [0.15, 0.2) is 24.5 Å². The summed E-state index contributed by atoms with van der Waals surface area (Å²) in [7, 11) is -4.69. The Kier molecular flexibility index (Phi) is 6.31. The molecule has 0 aromatic carbocycles. The van der Waals surface area contributed by atoms with Crippen LogP contribution in [-0.4, -0.2) is 27.0 Å². The molecular formula is C12H17ClN2O5. The van der Waals surface area contributed by atoms with Gasteiger partial charge in [-0.05, 0) is 30.9 Å². The minimum absolute atomic E-state index is 0.170. The molecule has 1 aliphatic heterocycles. The van der Waals surface area contributed by atoms with E-state index in [2.05, 4.69) is 11.1 Å². The normalized spacial score (nSPS) is 19.1. The molecule has 0 unspecified atom stereocenters. The summed E-state index contributed by atoms with van der Waals surface area (Å²) in [6, 6.07) is 4.23. The third kappa shape index (κ3) is 6.27. The van der Waals surface area contributed by atoms with Crippen molar-refractivity contribution in [1.29, 1.82) is 0 Å². The number of piperidine rings is 1. The lowest BCUT2D eigenvalue weighted by Crippen LogP contribution is -2.58. The molecule has 112 valence electrons. The molecule has 1 fully saturated rings. The molecule has 1 saturated heterocycles. The molecule has 0 bridgehead atoms. The minimum Gasteiger partial charge on any atom is -0.336 e. The van der Waals surface area contributed by atoms with Crippen LogP contribution >= 0.6 is 0 Å². The first-order valence-corrected chi connectivity index (χ1v) is 7.36. The first-order chi connectivity index (χ1) is 9.29. The van der Waals surface area contributed by atoms with Gasteiger partial charge in [0.25, 0.3) is 0 Å². The van der Waals surface area contributed by atoms with Crippen LogP contribution in [0.2, 0.25) is 0 Å². The highest BCUT2D eigenvalue weighted by Gasteiger charge is 2.25. The van der Waals surface area contributed by atoms with Gasteiger partial charge in [-0.1, -0.05) is 6.07 Å². The number of aromatic nitrogens is 1. The Morgan fingerprint density at radius 2 is 2.10 bits per heavy atom. The highest BCUT2D eigenvalue weighted by Crippen LogP contribution is 2.30. The van der Waals surface area contributed by atoms with Crippen LogP contribution in [0.5, 0.6) is 0 Å². The molecule has 2 heterocycles. The Bertz CT molecular complexity index is 418. The van der Waals surface area contributed by atoms with Crippen LogP contribution in [0.3, 0.4) is 0 Å². The third-order valence-electron chi connectivity index (χ3n) is 2.98. The zero-order chi connectivity index (χ0) is 15.2. The largest absolute Gasteiger partial charge is 0.336 e. The zero-order valence-corrected chi connectivity index (χ0v) is 11.8. The third-order valence-corrected chi connectivity index (χ3v) is 2.98. The van der Waals surface area contributed by atoms with Crippen LogP contribution < -0.4 is 14.0 Å². The van der Waals surface area contributed by atoms with Gasteiger partial charge >= 0.3 is 0 Å². The quantitative estimate of drug-likeness (QED) is 0.642. The van der Waals surface area contributed by atoms with E-state index in [4.69, 9.17) is 18.6 Å². The number of carbonyl (C=O) groups excluding carboxylic acids is 1. The van der Waals surface area contributed by atoms with Gasteiger partial charge in [0.1, 0.15) is 0 Å². The van der Waals surface area contributed by atoms with Gasteiger partial charge in [-0.3, -0.25) is 9.78 Å². The molecule has 0 radical (unpaired) electrons. The molecule has 0 spiro atoms. The van der Waals surface area contributed by atoms with Gasteiger partial charge in [-0.2, -0.15) is 14.0 Å². The second kappa shape index (κ2) is 7.51. The SMILES string of the molecule is CC(=O)N1CCCC[C@H]1c1cccnc1.[O-][Cl+3]([O-])([O-])O. The van der Waals surface area contributed by atoms with E-state index in [9.17, 15) is 4.79 Å². The number of hydrogen-bond acceptors (Lipinski definition) is 6. The fourth-order valence-corrected chi connectivity index (χ4v) is 2.23. The lowest BCUT2D eigenvalue weighted by Gasteiger charge is -2.35. The first kappa shape index (κ1) is 16.8. The Hall–Kier alpha value is -1.25. The van der Waals surface area contributed by atoms with E-state index in [1.807, 2.05) is 17.2 Å². The molecule has 0 saturated carbocycles. The number of hydrogen-bond donors (Lipinski definition) is 1. The summed E-state index contributed by atoms with van der Waals surface area (Å²) < 4.78 is 32.7. The van der Waals surface area contributed by atoms with Crippen molar-refractivity contribution in [3.05, 3.63) is 30.1 Å². The molecule has 1 N–H and O–H groups in total. The Balaban J connectivity index is 0.000000347. The van der Waals surface area contributed by atoms with Crippen LogP contribution in [0.25, 0.3) is 0 Å². The van der Waals surface area contributed by atoms with Gasteiger partial charge in [0.15, 0.2) is 0 Å². The zero-order valence-electron chi connectivity index (χ0n) is 11.1. The number of amides is 1. The molecule has 8 heteroatoms. The topological polar surface area (TPSA) is 123 Å². The van der Waals surface area contributed by atoms with Crippen LogP contribution in [0.1, 0.15) is 37.8 Å². The maximum Gasteiger partial charge on any atom is 0.219 e. The van der Waals surface area contributed by atoms with Gasteiger partial charge in [-0.15, -0.1) is 0 Å². The summed E-state index contributed by atoms with van der Waals surface area (Å²) in [5.74, 6) is 0.170. The van der Waals surface area contributed by atoms with E-state index < -0.39 is 10.2 Å². The molecular weight excluding hydrogens is 288 g/mol. The van der Waals surface area contributed by atoms with E-state index in [0.29, 0.717) is 0 Å². The van der Waals surface area contributed by atoms with Gasteiger partial charge in [0.2, 0.25) is 5.91 Å². The number of halogens is 1. The summed E-state index contributed by atoms with van der Waals surface area (Å²) in [6.45, 7) is 2.53. The molecule has 7 nitrogen and oxygen atoms in total. The second-order valence-electron chi connectivity index (χ2n) is 4.41. The van der Waals surface area contributed by atoms with Crippen LogP contribution in [0.4, 0.5) is 0 Å². The lowest BCUT2D eigenvalue weighted by atomic mass is 9.96. The molecule has 1 amide bonds. The van der Waals surface area contributed by atoms with E-state index >= 15 is 0 Å². The van der Waals surface area contributed by atoms with Crippen molar-refractivity contribution in [1.82, 2.24) is 9.88 Å². The molecule has 1 aliphatic rings. The number of pyridine rings is 1. The number of carbonyl (C=O) groups is 1. The fourth-order valence-electron chi connectivity index (χ4n) is 2.23. The summed E-state index contributed by atoms with van der Waals surface area (Å²) in [5, 5.41) is 0. The predicted molar refractivity (Wildman–Crippen MR) is 60.4 cm³/mol. The predicted octanol–water partition coefficient (Wildman–Crippen LogP) is -1.97. The molecule has 0 aliphatic carbocycles. The van der Waals surface area contributed by atoms with Crippen molar-refractivity contribution >= 4 is 5.91 Å². The average Bonchev–Trinajstić information content (AvgIpc) is 2.38. The van der Waals surface area contributed by atoms with E-state index in [1.54, 1.807) is 13.1 Å². The van der Waals surface area contributed by atoms with Crippen molar-refractivity contribution < 1.29 is 33.7 Å². The number of nitrogens with zero attached hydrogens (tertiary/aromatic N) is 2. The number of likely N-dealkylation sites (tertiary alicyclic amines) is 1. The first-order valence-electron chi connectivity index (χ1n) is 6.09. The van der Waals surface area contributed by atoms with Crippen LogP contribution in [-0.2, 0) is 4.79 Å². The summed E-state index contributed by atoms with van der Waals surface area (Å²) in [4.78, 5) is 17.6. The fraction of sp³-hybridized carbons (Fsp3) is 0.500. The Morgan fingerprint density at radius 1 is 1.45 bits per heavy atom. The lowest BCUT2D eigenvalue weighted by molar-refractivity contribution is -1.92. The molecule has 1 aromatic rings. The van der Waals surface area contributed by atoms with Gasteiger partial charge in [0.05, 0.1) is 20.9 Å². The smallest absolute Gasteiger partial charge is 0.219 e.